The van der Waals surface area contributed by atoms with Crippen LogP contribution >= 0.6 is 0 Å². The molecule has 1 aromatic heterocycles. The minimum absolute atomic E-state index is 0.182. The van der Waals surface area contributed by atoms with E-state index in [1.807, 2.05) is 0 Å². The van der Waals surface area contributed by atoms with Crippen LogP contribution in [0.5, 0.6) is 0 Å². The highest BCUT2D eigenvalue weighted by Gasteiger charge is 2.35. The summed E-state index contributed by atoms with van der Waals surface area (Å²) in [6.45, 7) is 2.10. The lowest BCUT2D eigenvalue weighted by atomic mass is 9.74. The van der Waals surface area contributed by atoms with Crippen molar-refractivity contribution in [3.8, 4) is 0 Å². The lowest BCUT2D eigenvalue weighted by Crippen LogP contribution is -2.30. The fourth-order valence-electron chi connectivity index (χ4n) is 3.31. The summed E-state index contributed by atoms with van der Waals surface area (Å²) in [5, 5.41) is 20.5. The first-order valence-electron chi connectivity index (χ1n) is 6.49. The van der Waals surface area contributed by atoms with Crippen molar-refractivity contribution in [1.29, 1.82) is 5.41 Å². The Labute approximate surface area is 105 Å². The third-order valence-corrected chi connectivity index (χ3v) is 4.30. The van der Waals surface area contributed by atoms with Gasteiger partial charge in [-0.2, -0.15) is 0 Å². The zero-order chi connectivity index (χ0) is 12.7. The number of nitrogen functional groups attached to an aromatic ring is 1. The first-order chi connectivity index (χ1) is 8.65. The maximum Gasteiger partial charge on any atom is 0.257 e. The van der Waals surface area contributed by atoms with Crippen molar-refractivity contribution >= 4 is 5.82 Å². The monoisotopic (exact) mass is 249 g/mol. The van der Waals surface area contributed by atoms with Gasteiger partial charge in [0.15, 0.2) is 0 Å². The van der Waals surface area contributed by atoms with Gasteiger partial charge in [-0.25, -0.2) is 4.98 Å². The van der Waals surface area contributed by atoms with Crippen LogP contribution in [0.2, 0.25) is 0 Å². The van der Waals surface area contributed by atoms with Crippen LogP contribution in [0.3, 0.4) is 0 Å². The second-order valence-corrected chi connectivity index (χ2v) is 5.45. The van der Waals surface area contributed by atoms with Crippen LogP contribution < -0.4 is 16.7 Å². The summed E-state index contributed by atoms with van der Waals surface area (Å²) in [5.74, 6) is 1.83. The number of hydrogen-bond acceptors (Lipinski definition) is 5. The molecule has 3 fully saturated rings. The van der Waals surface area contributed by atoms with Gasteiger partial charge < -0.3 is 16.3 Å². The van der Waals surface area contributed by atoms with Crippen molar-refractivity contribution in [1.82, 2.24) is 15.0 Å². The summed E-state index contributed by atoms with van der Waals surface area (Å²) in [6.07, 6.45) is 3.61. The molecule has 0 radical (unpaired) electrons. The van der Waals surface area contributed by atoms with Crippen molar-refractivity contribution in [3.05, 3.63) is 17.4 Å². The highest BCUT2D eigenvalue weighted by molar-refractivity contribution is 5.31. The summed E-state index contributed by atoms with van der Waals surface area (Å²) in [5.41, 5.74) is 6.38. The summed E-state index contributed by atoms with van der Waals surface area (Å²) in [6, 6.07) is 1.71. The largest absolute Gasteiger partial charge is 0.423 e. The van der Waals surface area contributed by atoms with Gasteiger partial charge in [0.05, 0.1) is 5.69 Å². The van der Waals surface area contributed by atoms with Gasteiger partial charge in [0, 0.05) is 12.0 Å². The van der Waals surface area contributed by atoms with Crippen LogP contribution in [-0.4, -0.2) is 28.0 Å². The highest BCUT2D eigenvalue weighted by Crippen LogP contribution is 2.41. The Bertz CT molecular complexity index is 508. The SMILES string of the molecule is N=c1nc(C2CC3CCC2CNC3)cc(N)n1O. The van der Waals surface area contributed by atoms with Crippen molar-refractivity contribution in [2.45, 2.75) is 25.2 Å². The molecule has 5 N–H and O–H groups in total. The van der Waals surface area contributed by atoms with Gasteiger partial charge in [-0.15, -0.1) is 4.73 Å². The molecule has 0 aromatic carbocycles. The molecule has 1 saturated carbocycles. The first kappa shape index (κ1) is 11.5. The lowest BCUT2D eigenvalue weighted by molar-refractivity contribution is 0.169. The number of anilines is 1. The minimum atomic E-state index is -0.182. The second-order valence-electron chi connectivity index (χ2n) is 5.45. The average Bonchev–Trinajstić information content (AvgIpc) is 2.70. The third-order valence-electron chi connectivity index (χ3n) is 4.30. The first-order valence-corrected chi connectivity index (χ1v) is 6.49. The fourth-order valence-corrected chi connectivity index (χ4v) is 3.31. The number of rotatable bonds is 1. The molecule has 2 bridgehead atoms. The van der Waals surface area contributed by atoms with Crippen LogP contribution in [0.4, 0.5) is 5.82 Å². The van der Waals surface area contributed by atoms with E-state index < -0.39 is 0 Å². The second kappa shape index (κ2) is 4.28. The number of nitrogens with two attached hydrogens (primary N) is 1. The molecule has 98 valence electrons. The minimum Gasteiger partial charge on any atom is -0.423 e. The Hall–Kier alpha value is -1.56. The molecule has 6 heteroatoms. The zero-order valence-corrected chi connectivity index (χ0v) is 10.3. The Balaban J connectivity index is 1.97. The fraction of sp³-hybridized carbons (Fsp3) is 0.667. The zero-order valence-electron chi connectivity index (χ0n) is 10.3. The molecule has 2 aliphatic heterocycles. The lowest BCUT2D eigenvalue weighted by Gasteiger charge is -2.31. The van der Waals surface area contributed by atoms with E-state index in [1.165, 1.54) is 12.8 Å². The Morgan fingerprint density at radius 3 is 3.06 bits per heavy atom. The van der Waals surface area contributed by atoms with Gasteiger partial charge in [0.2, 0.25) is 0 Å². The van der Waals surface area contributed by atoms with E-state index in [1.54, 1.807) is 6.07 Å². The molecule has 1 aromatic rings. The molecule has 6 nitrogen and oxygen atoms in total. The summed E-state index contributed by atoms with van der Waals surface area (Å²) < 4.78 is 0.622. The van der Waals surface area contributed by atoms with E-state index in [9.17, 15) is 5.21 Å². The van der Waals surface area contributed by atoms with E-state index in [0.717, 1.165) is 25.2 Å². The van der Waals surface area contributed by atoms with Crippen LogP contribution in [0.25, 0.3) is 0 Å². The van der Waals surface area contributed by atoms with Crippen molar-refractivity contribution in [2.75, 3.05) is 18.8 Å². The predicted octanol–water partition coefficient (Wildman–Crippen LogP) is 0.285. The topological polar surface area (TPSA) is 100.0 Å². The summed E-state index contributed by atoms with van der Waals surface area (Å²) in [7, 11) is 0. The highest BCUT2D eigenvalue weighted by atomic mass is 16.5. The van der Waals surface area contributed by atoms with E-state index >= 15 is 0 Å². The van der Waals surface area contributed by atoms with Gasteiger partial charge in [-0.1, -0.05) is 0 Å². The van der Waals surface area contributed by atoms with E-state index in [-0.39, 0.29) is 11.4 Å². The van der Waals surface area contributed by atoms with E-state index in [0.29, 0.717) is 22.5 Å². The summed E-state index contributed by atoms with van der Waals surface area (Å²) in [4.78, 5) is 4.19. The molecule has 0 amide bonds. The third kappa shape index (κ3) is 1.86. The van der Waals surface area contributed by atoms with E-state index in [2.05, 4.69) is 10.3 Å². The molecule has 1 aliphatic carbocycles. The van der Waals surface area contributed by atoms with Crippen LogP contribution in [0.1, 0.15) is 30.9 Å². The molecule has 4 rings (SSSR count). The normalized spacial score (nSPS) is 31.2. The maximum absolute atomic E-state index is 9.45. The van der Waals surface area contributed by atoms with Crippen molar-refractivity contribution in [3.63, 3.8) is 0 Å². The standard InChI is InChI=1S/C12H19N5O/c13-11-4-10(16-12(14)17(11)18)9-3-7-1-2-8(9)6-15-5-7/h4,7-9,14-15,18H,1-3,5-6,13H2. The molecular weight excluding hydrogens is 230 g/mol. The average molecular weight is 249 g/mol. The molecule has 3 aliphatic rings. The van der Waals surface area contributed by atoms with Gasteiger partial charge in [0.25, 0.3) is 5.62 Å². The molecule has 0 spiro atoms. The molecule has 3 unspecified atom stereocenters. The van der Waals surface area contributed by atoms with Gasteiger partial charge in [-0.3, -0.25) is 5.41 Å². The molecule has 2 saturated heterocycles. The van der Waals surface area contributed by atoms with Crippen LogP contribution in [0.15, 0.2) is 6.07 Å². The van der Waals surface area contributed by atoms with Gasteiger partial charge >= 0.3 is 0 Å². The number of nitrogens with one attached hydrogen (secondary N) is 2. The summed E-state index contributed by atoms with van der Waals surface area (Å²) >= 11 is 0. The number of nitrogens with zero attached hydrogens (tertiary/aromatic N) is 2. The number of hydrogen-bond donors (Lipinski definition) is 4. The quantitative estimate of drug-likeness (QED) is 0.537. The van der Waals surface area contributed by atoms with Crippen molar-refractivity contribution < 1.29 is 5.21 Å². The van der Waals surface area contributed by atoms with Gasteiger partial charge in [-0.05, 0) is 44.2 Å². The molecular formula is C12H19N5O. The molecule has 3 heterocycles. The smallest absolute Gasteiger partial charge is 0.257 e. The number of fused-ring (bicyclic) bond motifs is 4. The molecule has 18 heavy (non-hydrogen) atoms. The Morgan fingerprint density at radius 1 is 1.44 bits per heavy atom. The molecule has 3 atom stereocenters. The Morgan fingerprint density at radius 2 is 2.28 bits per heavy atom. The van der Waals surface area contributed by atoms with E-state index in [4.69, 9.17) is 11.1 Å². The Kier molecular flexibility index (Phi) is 2.74. The van der Waals surface area contributed by atoms with Crippen molar-refractivity contribution in [2.24, 2.45) is 11.8 Å². The number of aromatic nitrogens is 2. The van der Waals surface area contributed by atoms with Gasteiger partial charge in [0.1, 0.15) is 5.82 Å². The predicted molar refractivity (Wildman–Crippen MR) is 66.1 cm³/mol. The maximum atomic E-state index is 9.45. The van der Waals surface area contributed by atoms with Crippen LogP contribution in [0, 0.1) is 17.2 Å². The van der Waals surface area contributed by atoms with Crippen LogP contribution in [-0.2, 0) is 0 Å².